The fourth-order valence-electron chi connectivity index (χ4n) is 0.327. The average Bonchev–Trinajstić information content (AvgIpc) is 1.91. The van der Waals surface area contributed by atoms with Crippen LogP contribution in [-0.2, 0) is 9.47 Å². The van der Waals surface area contributed by atoms with Crippen LogP contribution in [0, 0.1) is 0 Å². The van der Waals surface area contributed by atoms with Gasteiger partial charge in [0.2, 0.25) is 0 Å². The van der Waals surface area contributed by atoms with E-state index in [-0.39, 0.29) is 20.0 Å². The highest BCUT2D eigenvalue weighted by Crippen LogP contribution is 1.87. The van der Waals surface area contributed by atoms with E-state index in [1.165, 1.54) is 7.11 Å². The second-order valence-electron chi connectivity index (χ2n) is 1.56. The molecule has 0 heterocycles. The zero-order valence-corrected chi connectivity index (χ0v) is 5.41. The molecule has 0 aromatic carbocycles. The standard InChI is InChI=1S/C5H12O4/c1-8-4-9-5(2-6)3-7/h5-7H,2-4H2,1H3. The minimum atomic E-state index is -0.509. The van der Waals surface area contributed by atoms with Crippen molar-refractivity contribution in [2.24, 2.45) is 0 Å². The third kappa shape index (κ3) is 4.35. The maximum Gasteiger partial charge on any atom is 0.146 e. The molecule has 0 atom stereocenters. The number of aliphatic hydroxyl groups is 2. The van der Waals surface area contributed by atoms with Crippen molar-refractivity contribution in [2.75, 3.05) is 27.1 Å². The summed E-state index contributed by atoms with van der Waals surface area (Å²) in [6.45, 7) is -0.258. The number of methoxy groups -OCH3 is 1. The van der Waals surface area contributed by atoms with Crippen molar-refractivity contribution in [3.05, 3.63) is 0 Å². The number of ether oxygens (including phenoxy) is 2. The quantitative estimate of drug-likeness (QED) is 0.474. The van der Waals surface area contributed by atoms with Gasteiger partial charge in [-0.15, -0.1) is 0 Å². The van der Waals surface area contributed by atoms with Crippen LogP contribution in [0.2, 0.25) is 0 Å². The van der Waals surface area contributed by atoms with Crippen LogP contribution in [0.25, 0.3) is 0 Å². The monoisotopic (exact) mass is 136 g/mol. The predicted molar refractivity (Wildman–Crippen MR) is 30.9 cm³/mol. The van der Waals surface area contributed by atoms with Crippen molar-refractivity contribution in [3.8, 4) is 0 Å². The molecule has 56 valence electrons. The van der Waals surface area contributed by atoms with Gasteiger partial charge in [0.15, 0.2) is 0 Å². The Balaban J connectivity index is 3.09. The van der Waals surface area contributed by atoms with Gasteiger partial charge in [0.25, 0.3) is 0 Å². The van der Waals surface area contributed by atoms with Crippen LogP contribution in [0.15, 0.2) is 0 Å². The van der Waals surface area contributed by atoms with Crippen molar-refractivity contribution in [1.29, 1.82) is 0 Å². The van der Waals surface area contributed by atoms with Crippen LogP contribution in [0.1, 0.15) is 0 Å². The Bertz CT molecular complexity index is 52.9. The van der Waals surface area contributed by atoms with Gasteiger partial charge in [-0.25, -0.2) is 0 Å². The molecule has 0 bridgehead atoms. The van der Waals surface area contributed by atoms with Crippen LogP contribution in [0.3, 0.4) is 0 Å². The Hall–Kier alpha value is -0.160. The molecule has 0 aromatic rings. The summed E-state index contributed by atoms with van der Waals surface area (Å²) >= 11 is 0. The molecule has 0 aliphatic rings. The summed E-state index contributed by atoms with van der Waals surface area (Å²) < 4.78 is 9.30. The van der Waals surface area contributed by atoms with Crippen molar-refractivity contribution in [1.82, 2.24) is 0 Å². The van der Waals surface area contributed by atoms with Crippen LogP contribution >= 0.6 is 0 Å². The SMILES string of the molecule is COCOC(CO)CO. The summed E-state index contributed by atoms with van der Waals surface area (Å²) in [5.74, 6) is 0. The summed E-state index contributed by atoms with van der Waals surface area (Å²) in [6.07, 6.45) is -0.509. The van der Waals surface area contributed by atoms with Gasteiger partial charge in [-0.2, -0.15) is 0 Å². The lowest BCUT2D eigenvalue weighted by molar-refractivity contribution is -0.102. The van der Waals surface area contributed by atoms with E-state index in [4.69, 9.17) is 14.9 Å². The first-order valence-electron chi connectivity index (χ1n) is 2.67. The lowest BCUT2D eigenvalue weighted by atomic mass is 10.4. The Morgan fingerprint density at radius 2 is 1.89 bits per heavy atom. The van der Waals surface area contributed by atoms with Crippen molar-refractivity contribution < 1.29 is 19.7 Å². The van der Waals surface area contributed by atoms with Gasteiger partial charge >= 0.3 is 0 Å². The van der Waals surface area contributed by atoms with Gasteiger partial charge in [0.05, 0.1) is 13.2 Å². The number of rotatable bonds is 5. The Kier molecular flexibility index (Phi) is 5.86. The third-order valence-electron chi connectivity index (χ3n) is 0.829. The fourth-order valence-corrected chi connectivity index (χ4v) is 0.327. The van der Waals surface area contributed by atoms with E-state index in [0.29, 0.717) is 0 Å². The van der Waals surface area contributed by atoms with E-state index in [0.717, 1.165) is 0 Å². The lowest BCUT2D eigenvalue weighted by Gasteiger charge is -2.10. The molecule has 0 spiro atoms. The van der Waals surface area contributed by atoms with Crippen LogP contribution in [0.4, 0.5) is 0 Å². The topological polar surface area (TPSA) is 58.9 Å². The second-order valence-corrected chi connectivity index (χ2v) is 1.56. The smallest absolute Gasteiger partial charge is 0.146 e. The molecular formula is C5H12O4. The molecule has 0 saturated carbocycles. The third-order valence-corrected chi connectivity index (χ3v) is 0.829. The van der Waals surface area contributed by atoms with Gasteiger partial charge < -0.3 is 19.7 Å². The summed E-state index contributed by atoms with van der Waals surface area (Å²) in [5, 5.41) is 16.8. The lowest BCUT2D eigenvalue weighted by Crippen LogP contribution is -2.22. The first kappa shape index (κ1) is 8.84. The fraction of sp³-hybridized carbons (Fsp3) is 1.00. The minimum absolute atomic E-state index is 0.103. The van der Waals surface area contributed by atoms with Crippen molar-refractivity contribution >= 4 is 0 Å². The van der Waals surface area contributed by atoms with Crippen LogP contribution in [-0.4, -0.2) is 43.4 Å². The van der Waals surface area contributed by atoms with Gasteiger partial charge in [0, 0.05) is 7.11 Å². The largest absolute Gasteiger partial charge is 0.394 e. The van der Waals surface area contributed by atoms with Crippen LogP contribution < -0.4 is 0 Å². The normalized spacial score (nSPS) is 10.7. The summed E-state index contributed by atoms with van der Waals surface area (Å²) in [7, 11) is 1.48. The number of hydrogen-bond donors (Lipinski definition) is 2. The molecule has 0 rings (SSSR count). The highest BCUT2D eigenvalue weighted by molar-refractivity contribution is 4.48. The van der Waals surface area contributed by atoms with Crippen molar-refractivity contribution in [3.63, 3.8) is 0 Å². The molecule has 0 amide bonds. The molecule has 2 N–H and O–H groups in total. The van der Waals surface area contributed by atoms with E-state index >= 15 is 0 Å². The van der Waals surface area contributed by atoms with Gasteiger partial charge in [0.1, 0.15) is 12.9 Å². The first-order valence-corrected chi connectivity index (χ1v) is 2.67. The number of hydrogen-bond acceptors (Lipinski definition) is 4. The van der Waals surface area contributed by atoms with E-state index < -0.39 is 6.10 Å². The Morgan fingerprint density at radius 1 is 1.33 bits per heavy atom. The summed E-state index contributed by atoms with van der Waals surface area (Å²) in [4.78, 5) is 0. The molecule has 0 unspecified atom stereocenters. The maximum atomic E-state index is 8.41. The number of aliphatic hydroxyl groups excluding tert-OH is 2. The zero-order valence-electron chi connectivity index (χ0n) is 5.41. The van der Waals surface area contributed by atoms with Gasteiger partial charge in [-0.3, -0.25) is 0 Å². The predicted octanol–water partition coefficient (Wildman–Crippen LogP) is -1.04. The summed E-state index contributed by atoms with van der Waals surface area (Å²) in [6, 6.07) is 0. The van der Waals surface area contributed by atoms with Gasteiger partial charge in [-0.05, 0) is 0 Å². The molecule has 0 saturated heterocycles. The highest BCUT2D eigenvalue weighted by atomic mass is 16.7. The summed E-state index contributed by atoms with van der Waals surface area (Å²) in [5.41, 5.74) is 0. The maximum absolute atomic E-state index is 8.41. The van der Waals surface area contributed by atoms with E-state index in [1.54, 1.807) is 0 Å². The average molecular weight is 136 g/mol. The van der Waals surface area contributed by atoms with Gasteiger partial charge in [-0.1, -0.05) is 0 Å². The molecule has 0 radical (unpaired) electrons. The molecule has 4 nitrogen and oxygen atoms in total. The Morgan fingerprint density at radius 3 is 2.22 bits per heavy atom. The van der Waals surface area contributed by atoms with E-state index in [1.807, 2.05) is 0 Å². The Labute approximate surface area is 54.0 Å². The van der Waals surface area contributed by atoms with E-state index in [2.05, 4.69) is 4.74 Å². The second kappa shape index (κ2) is 5.97. The van der Waals surface area contributed by atoms with Crippen molar-refractivity contribution in [2.45, 2.75) is 6.10 Å². The molecule has 0 aliphatic carbocycles. The van der Waals surface area contributed by atoms with Crippen LogP contribution in [0.5, 0.6) is 0 Å². The molecule has 0 aliphatic heterocycles. The molecule has 0 fully saturated rings. The molecule has 0 aromatic heterocycles. The molecular weight excluding hydrogens is 124 g/mol. The molecule has 9 heavy (non-hydrogen) atoms. The zero-order chi connectivity index (χ0) is 7.11. The highest BCUT2D eigenvalue weighted by Gasteiger charge is 2.03. The molecule has 4 heteroatoms. The van der Waals surface area contributed by atoms with E-state index in [9.17, 15) is 0 Å². The first-order chi connectivity index (χ1) is 4.35. The minimum Gasteiger partial charge on any atom is -0.394 e.